The number of halogens is 1. The molecule has 0 aromatic rings. The summed E-state index contributed by atoms with van der Waals surface area (Å²) in [5, 5.41) is 0. The Kier molecular flexibility index (Phi) is 22.8. The summed E-state index contributed by atoms with van der Waals surface area (Å²) in [7, 11) is 0. The molecule has 3 heteroatoms. The fourth-order valence-electron chi connectivity index (χ4n) is 3.14. The SMILES string of the molecule is CCCCOC(CC)COCCCCCCCCCCCCCCCF. The molecule has 0 radical (unpaired) electrons. The van der Waals surface area contributed by atoms with Crippen LogP contribution in [0.4, 0.5) is 4.39 Å². The fraction of sp³-hybridized carbons (Fsp3) is 1.00. The van der Waals surface area contributed by atoms with Crippen molar-refractivity contribution in [1.82, 2.24) is 0 Å². The lowest BCUT2D eigenvalue weighted by Gasteiger charge is -2.16. The van der Waals surface area contributed by atoms with Crippen LogP contribution >= 0.6 is 0 Å². The van der Waals surface area contributed by atoms with E-state index in [4.69, 9.17) is 9.47 Å². The van der Waals surface area contributed by atoms with Crippen molar-refractivity contribution in [2.45, 2.75) is 123 Å². The molecule has 0 heterocycles. The van der Waals surface area contributed by atoms with Gasteiger partial charge in [0.15, 0.2) is 0 Å². The zero-order chi connectivity index (χ0) is 19.1. The van der Waals surface area contributed by atoms with Gasteiger partial charge in [0, 0.05) is 13.2 Å². The fourth-order valence-corrected chi connectivity index (χ4v) is 3.14. The highest BCUT2D eigenvalue weighted by molar-refractivity contribution is 4.54. The molecule has 158 valence electrons. The van der Waals surface area contributed by atoms with Gasteiger partial charge in [0.25, 0.3) is 0 Å². The average molecular weight is 375 g/mol. The van der Waals surface area contributed by atoms with E-state index in [1.165, 1.54) is 77.0 Å². The molecule has 0 amide bonds. The van der Waals surface area contributed by atoms with Crippen molar-refractivity contribution in [3.63, 3.8) is 0 Å². The number of ether oxygens (including phenoxy) is 2. The summed E-state index contributed by atoms with van der Waals surface area (Å²) < 4.78 is 23.5. The van der Waals surface area contributed by atoms with Crippen LogP contribution in [0, 0.1) is 0 Å². The molecule has 0 aromatic heterocycles. The summed E-state index contributed by atoms with van der Waals surface area (Å²) in [5.74, 6) is 0. The van der Waals surface area contributed by atoms with Gasteiger partial charge in [-0.2, -0.15) is 0 Å². The van der Waals surface area contributed by atoms with Crippen molar-refractivity contribution < 1.29 is 13.9 Å². The van der Waals surface area contributed by atoms with E-state index in [1.807, 2.05) is 0 Å². The van der Waals surface area contributed by atoms with E-state index in [1.54, 1.807) is 0 Å². The standard InChI is InChI=1S/C23H47FO2/c1-3-5-21-26-23(4-2)22-25-20-18-16-14-12-10-8-6-7-9-11-13-15-17-19-24/h23H,3-22H2,1-2H3. The van der Waals surface area contributed by atoms with Crippen molar-refractivity contribution >= 4 is 0 Å². The van der Waals surface area contributed by atoms with Crippen LogP contribution in [0.5, 0.6) is 0 Å². The monoisotopic (exact) mass is 374 g/mol. The summed E-state index contributed by atoms with van der Waals surface area (Å²) in [6, 6.07) is 0. The second-order valence-corrected chi connectivity index (χ2v) is 7.61. The van der Waals surface area contributed by atoms with Gasteiger partial charge in [-0.25, -0.2) is 0 Å². The summed E-state index contributed by atoms with van der Waals surface area (Å²) in [4.78, 5) is 0. The van der Waals surface area contributed by atoms with Gasteiger partial charge in [-0.15, -0.1) is 0 Å². The van der Waals surface area contributed by atoms with Crippen LogP contribution in [0.25, 0.3) is 0 Å². The van der Waals surface area contributed by atoms with E-state index < -0.39 is 0 Å². The molecule has 0 aliphatic rings. The summed E-state index contributed by atoms with van der Waals surface area (Å²) >= 11 is 0. The second kappa shape index (κ2) is 22.9. The molecule has 0 spiro atoms. The highest BCUT2D eigenvalue weighted by Crippen LogP contribution is 2.12. The van der Waals surface area contributed by atoms with Crippen LogP contribution in [-0.4, -0.2) is 32.6 Å². The Bertz CT molecular complexity index is 248. The number of rotatable bonds is 22. The maximum atomic E-state index is 11.9. The molecule has 0 aliphatic carbocycles. The Morgan fingerprint density at radius 2 is 1.12 bits per heavy atom. The third-order valence-corrected chi connectivity index (χ3v) is 5.03. The molecule has 1 unspecified atom stereocenters. The topological polar surface area (TPSA) is 18.5 Å². The number of unbranched alkanes of at least 4 members (excludes halogenated alkanes) is 13. The lowest BCUT2D eigenvalue weighted by Crippen LogP contribution is -2.20. The van der Waals surface area contributed by atoms with Crippen molar-refractivity contribution in [1.29, 1.82) is 0 Å². The second-order valence-electron chi connectivity index (χ2n) is 7.61. The lowest BCUT2D eigenvalue weighted by molar-refractivity contribution is -0.0197. The van der Waals surface area contributed by atoms with E-state index >= 15 is 0 Å². The maximum Gasteiger partial charge on any atom is 0.0894 e. The third kappa shape index (κ3) is 20.2. The van der Waals surface area contributed by atoms with Crippen molar-refractivity contribution in [2.24, 2.45) is 0 Å². The van der Waals surface area contributed by atoms with Gasteiger partial charge in [-0.3, -0.25) is 4.39 Å². The molecule has 0 aromatic carbocycles. The zero-order valence-corrected chi connectivity index (χ0v) is 17.9. The first-order chi connectivity index (χ1) is 12.8. The van der Waals surface area contributed by atoms with E-state index in [9.17, 15) is 4.39 Å². The Morgan fingerprint density at radius 3 is 1.58 bits per heavy atom. The molecule has 0 aliphatic heterocycles. The first-order valence-corrected chi connectivity index (χ1v) is 11.6. The molecule has 0 N–H and O–H groups in total. The summed E-state index contributed by atoms with van der Waals surface area (Å²) in [6.07, 6.45) is 20.1. The van der Waals surface area contributed by atoms with Crippen LogP contribution in [0.1, 0.15) is 117 Å². The van der Waals surface area contributed by atoms with Gasteiger partial charge in [0.1, 0.15) is 0 Å². The Balaban J connectivity index is 3.14. The highest BCUT2D eigenvalue weighted by Gasteiger charge is 2.05. The molecule has 0 fully saturated rings. The molecule has 0 bridgehead atoms. The van der Waals surface area contributed by atoms with E-state index in [0.29, 0.717) is 0 Å². The smallest absolute Gasteiger partial charge is 0.0894 e. The zero-order valence-electron chi connectivity index (χ0n) is 17.9. The van der Waals surface area contributed by atoms with Crippen LogP contribution in [0.2, 0.25) is 0 Å². The molecular formula is C23H47FO2. The predicted molar refractivity (Wildman–Crippen MR) is 112 cm³/mol. The largest absolute Gasteiger partial charge is 0.379 e. The van der Waals surface area contributed by atoms with Gasteiger partial charge in [0.05, 0.1) is 19.4 Å². The van der Waals surface area contributed by atoms with Gasteiger partial charge in [0.2, 0.25) is 0 Å². The first-order valence-electron chi connectivity index (χ1n) is 11.6. The van der Waals surface area contributed by atoms with Gasteiger partial charge in [-0.1, -0.05) is 90.9 Å². The Hall–Kier alpha value is -0.150. The third-order valence-electron chi connectivity index (χ3n) is 5.03. The number of hydrogen-bond acceptors (Lipinski definition) is 2. The minimum absolute atomic E-state index is 0.140. The van der Waals surface area contributed by atoms with Crippen molar-refractivity contribution in [3.05, 3.63) is 0 Å². The molecule has 1 atom stereocenters. The normalized spacial score (nSPS) is 12.6. The van der Waals surface area contributed by atoms with E-state index in [-0.39, 0.29) is 12.8 Å². The summed E-state index contributed by atoms with van der Waals surface area (Å²) in [6.45, 7) is 6.74. The maximum absolute atomic E-state index is 11.9. The van der Waals surface area contributed by atoms with Crippen molar-refractivity contribution in [3.8, 4) is 0 Å². The Labute approximate surface area is 163 Å². The minimum Gasteiger partial charge on any atom is -0.379 e. The van der Waals surface area contributed by atoms with Crippen molar-refractivity contribution in [2.75, 3.05) is 26.5 Å². The van der Waals surface area contributed by atoms with E-state index in [2.05, 4.69) is 13.8 Å². The molecule has 2 nitrogen and oxygen atoms in total. The quantitative estimate of drug-likeness (QED) is 0.181. The molecule has 0 saturated carbocycles. The molecular weight excluding hydrogens is 327 g/mol. The van der Waals surface area contributed by atoms with Crippen LogP contribution in [-0.2, 0) is 9.47 Å². The Morgan fingerprint density at radius 1 is 0.615 bits per heavy atom. The van der Waals surface area contributed by atoms with Crippen LogP contribution in [0.3, 0.4) is 0 Å². The van der Waals surface area contributed by atoms with Gasteiger partial charge < -0.3 is 9.47 Å². The molecule has 26 heavy (non-hydrogen) atoms. The molecule has 0 saturated heterocycles. The minimum atomic E-state index is -0.140. The number of alkyl halides is 1. The number of hydrogen-bond donors (Lipinski definition) is 0. The highest BCUT2D eigenvalue weighted by atomic mass is 19.1. The van der Waals surface area contributed by atoms with Gasteiger partial charge >= 0.3 is 0 Å². The van der Waals surface area contributed by atoms with Crippen LogP contribution < -0.4 is 0 Å². The first kappa shape index (κ1) is 25.9. The van der Waals surface area contributed by atoms with Gasteiger partial charge in [-0.05, 0) is 25.7 Å². The lowest BCUT2D eigenvalue weighted by atomic mass is 10.0. The average Bonchev–Trinajstić information content (AvgIpc) is 2.66. The predicted octanol–water partition coefficient (Wildman–Crippen LogP) is 7.64. The molecule has 0 rings (SSSR count). The van der Waals surface area contributed by atoms with E-state index in [0.717, 1.165) is 45.5 Å². The summed E-state index contributed by atoms with van der Waals surface area (Å²) in [5.41, 5.74) is 0. The van der Waals surface area contributed by atoms with Crippen LogP contribution in [0.15, 0.2) is 0 Å².